The lowest BCUT2D eigenvalue weighted by Crippen LogP contribution is -2.25. The molecule has 2 aromatic carbocycles. The van der Waals surface area contributed by atoms with Gasteiger partial charge in [0, 0.05) is 22.7 Å². The van der Waals surface area contributed by atoms with E-state index in [1.54, 1.807) is 20.8 Å². The van der Waals surface area contributed by atoms with E-state index in [1.165, 1.54) is 6.92 Å². The molecule has 0 aliphatic rings. The largest absolute Gasteiger partial charge is 0.505 e. The van der Waals surface area contributed by atoms with Crippen molar-refractivity contribution >= 4 is 22.8 Å². The lowest BCUT2D eigenvalue weighted by atomic mass is 10.1. The molecule has 3 aromatic rings. The van der Waals surface area contributed by atoms with Gasteiger partial charge < -0.3 is 9.84 Å². The first-order valence-corrected chi connectivity index (χ1v) is 9.13. The van der Waals surface area contributed by atoms with Crippen molar-refractivity contribution in [3.8, 4) is 5.75 Å². The van der Waals surface area contributed by atoms with Gasteiger partial charge in [-0.1, -0.05) is 0 Å². The number of carbonyl (C=O) groups excluding carboxylic acids is 2. The summed E-state index contributed by atoms with van der Waals surface area (Å²) in [6.07, 6.45) is -0.233. The Hall–Kier alpha value is -3.29. The van der Waals surface area contributed by atoms with Crippen molar-refractivity contribution in [2.75, 3.05) is 0 Å². The first-order valence-electron chi connectivity index (χ1n) is 9.13. The van der Waals surface area contributed by atoms with E-state index in [9.17, 15) is 27.9 Å². The maximum absolute atomic E-state index is 14.1. The van der Waals surface area contributed by atoms with Crippen molar-refractivity contribution in [2.24, 2.45) is 0 Å². The number of nitrogens with zero attached hydrogens (tertiary/aromatic N) is 1. The summed E-state index contributed by atoms with van der Waals surface area (Å²) in [5.74, 6) is -5.24. The van der Waals surface area contributed by atoms with E-state index in [-0.39, 0.29) is 28.6 Å². The summed E-state index contributed by atoms with van der Waals surface area (Å²) in [6.45, 7) is 6.64. The number of phenols is 1. The molecule has 158 valence electrons. The molecule has 3 rings (SSSR count). The number of benzene rings is 2. The molecule has 0 saturated carbocycles. The summed E-state index contributed by atoms with van der Waals surface area (Å²) in [5.41, 5.74) is -0.178. The Labute approximate surface area is 170 Å². The fourth-order valence-electron chi connectivity index (χ4n) is 3.25. The molecule has 0 spiro atoms. The molecular weight excluding hydrogens is 399 g/mol. The van der Waals surface area contributed by atoms with E-state index >= 15 is 0 Å². The number of esters is 1. The third kappa shape index (κ3) is 4.03. The minimum atomic E-state index is -1.20. The molecule has 0 unspecified atom stereocenters. The number of ether oxygens (including phenoxy) is 1. The smallest absolute Gasteiger partial charge is 0.310 e. The fraction of sp³-hybridized carbons (Fsp3) is 0.273. The summed E-state index contributed by atoms with van der Waals surface area (Å²) < 4.78 is 47.4. The maximum atomic E-state index is 14.1. The Bertz CT molecular complexity index is 1180. The van der Waals surface area contributed by atoms with Crippen molar-refractivity contribution in [3.05, 3.63) is 64.6 Å². The van der Waals surface area contributed by atoms with Crippen LogP contribution in [0, 0.1) is 24.4 Å². The Morgan fingerprint density at radius 1 is 1.03 bits per heavy atom. The standard InChI is InChI=1S/C22H20F3NO4/c1-11-13(9-20(28)30-22(2,3)4)14-8-19(27)17(25)10-18(14)26(11)21(29)12-5-6-15(23)16(24)7-12/h5-8,10,27H,9H2,1-4H3. The van der Waals surface area contributed by atoms with Crippen molar-refractivity contribution in [3.63, 3.8) is 0 Å². The minimum Gasteiger partial charge on any atom is -0.505 e. The first-order chi connectivity index (χ1) is 13.9. The van der Waals surface area contributed by atoms with Crippen molar-refractivity contribution in [2.45, 2.75) is 39.7 Å². The van der Waals surface area contributed by atoms with Gasteiger partial charge in [0.25, 0.3) is 5.91 Å². The Morgan fingerprint density at radius 3 is 2.30 bits per heavy atom. The van der Waals surface area contributed by atoms with Gasteiger partial charge in [-0.2, -0.15) is 0 Å². The molecule has 0 fully saturated rings. The number of aromatic nitrogens is 1. The lowest BCUT2D eigenvalue weighted by Gasteiger charge is -2.19. The van der Waals surface area contributed by atoms with Crippen molar-refractivity contribution < 1.29 is 32.6 Å². The number of hydrogen-bond donors (Lipinski definition) is 1. The highest BCUT2D eigenvalue weighted by molar-refractivity contribution is 6.05. The number of rotatable bonds is 3. The highest BCUT2D eigenvalue weighted by Crippen LogP contribution is 2.32. The highest BCUT2D eigenvalue weighted by Gasteiger charge is 2.25. The molecule has 0 saturated heterocycles. The van der Waals surface area contributed by atoms with Crippen LogP contribution in [0.3, 0.4) is 0 Å². The second-order valence-corrected chi connectivity index (χ2v) is 7.92. The van der Waals surface area contributed by atoms with E-state index in [2.05, 4.69) is 0 Å². The van der Waals surface area contributed by atoms with Gasteiger partial charge in [0.15, 0.2) is 23.2 Å². The molecule has 0 bridgehead atoms. The first kappa shape index (κ1) is 21.4. The number of carbonyl (C=O) groups is 2. The van der Waals surface area contributed by atoms with Gasteiger partial charge in [-0.25, -0.2) is 13.2 Å². The zero-order valence-corrected chi connectivity index (χ0v) is 16.8. The van der Waals surface area contributed by atoms with Crippen LogP contribution < -0.4 is 0 Å². The van der Waals surface area contributed by atoms with Gasteiger partial charge in [-0.3, -0.25) is 14.2 Å². The molecular formula is C22H20F3NO4. The molecule has 0 aliphatic heterocycles. The van der Waals surface area contributed by atoms with Crippen LogP contribution >= 0.6 is 0 Å². The maximum Gasteiger partial charge on any atom is 0.310 e. The van der Waals surface area contributed by atoms with Gasteiger partial charge in [-0.05, 0) is 57.5 Å². The number of halogens is 3. The molecule has 0 radical (unpaired) electrons. The average Bonchev–Trinajstić information content (AvgIpc) is 2.87. The van der Waals surface area contributed by atoms with Crippen LogP contribution in [0.25, 0.3) is 10.9 Å². The second-order valence-electron chi connectivity index (χ2n) is 7.92. The summed E-state index contributed by atoms with van der Waals surface area (Å²) >= 11 is 0. The van der Waals surface area contributed by atoms with Crippen molar-refractivity contribution in [1.82, 2.24) is 4.57 Å². The Kier molecular flexibility index (Phi) is 5.36. The van der Waals surface area contributed by atoms with Crippen LogP contribution in [-0.4, -0.2) is 27.2 Å². The van der Waals surface area contributed by atoms with E-state index in [0.717, 1.165) is 34.9 Å². The molecule has 1 N–H and O–H groups in total. The topological polar surface area (TPSA) is 68.5 Å². The summed E-state index contributed by atoms with van der Waals surface area (Å²) in [5, 5.41) is 10.1. The molecule has 1 aromatic heterocycles. The zero-order valence-electron chi connectivity index (χ0n) is 16.8. The van der Waals surface area contributed by atoms with Crippen LogP contribution in [0.4, 0.5) is 13.2 Å². The van der Waals surface area contributed by atoms with Gasteiger partial charge >= 0.3 is 5.97 Å². The highest BCUT2D eigenvalue weighted by atomic mass is 19.2. The zero-order chi connectivity index (χ0) is 22.4. The van der Waals surface area contributed by atoms with E-state index < -0.39 is 40.7 Å². The quantitative estimate of drug-likeness (QED) is 0.628. The average molecular weight is 419 g/mol. The molecule has 0 aliphatic carbocycles. The Balaban J connectivity index is 2.18. The van der Waals surface area contributed by atoms with Crippen molar-refractivity contribution in [1.29, 1.82) is 0 Å². The van der Waals surface area contributed by atoms with E-state index in [0.29, 0.717) is 5.56 Å². The lowest BCUT2D eigenvalue weighted by molar-refractivity contribution is -0.153. The van der Waals surface area contributed by atoms with Crippen LogP contribution in [0.2, 0.25) is 0 Å². The molecule has 5 nitrogen and oxygen atoms in total. The van der Waals surface area contributed by atoms with Gasteiger partial charge in [0.05, 0.1) is 11.9 Å². The predicted molar refractivity (Wildman–Crippen MR) is 104 cm³/mol. The van der Waals surface area contributed by atoms with Crippen LogP contribution in [0.1, 0.15) is 42.4 Å². The fourth-order valence-corrected chi connectivity index (χ4v) is 3.25. The summed E-state index contributed by atoms with van der Waals surface area (Å²) in [4.78, 5) is 25.4. The molecule has 8 heteroatoms. The normalized spacial score (nSPS) is 11.7. The third-order valence-electron chi connectivity index (χ3n) is 4.51. The monoisotopic (exact) mass is 419 g/mol. The van der Waals surface area contributed by atoms with Gasteiger partial charge in [0.1, 0.15) is 5.60 Å². The number of hydrogen-bond acceptors (Lipinski definition) is 4. The van der Waals surface area contributed by atoms with Crippen LogP contribution in [-0.2, 0) is 16.0 Å². The van der Waals surface area contributed by atoms with Gasteiger partial charge in [0.2, 0.25) is 0 Å². The molecule has 1 heterocycles. The van der Waals surface area contributed by atoms with E-state index in [4.69, 9.17) is 4.74 Å². The minimum absolute atomic E-state index is 0.0797. The molecule has 0 atom stereocenters. The van der Waals surface area contributed by atoms with Crippen LogP contribution in [0.15, 0.2) is 30.3 Å². The van der Waals surface area contributed by atoms with Crippen LogP contribution in [0.5, 0.6) is 5.75 Å². The number of phenolic OH excluding ortho intramolecular Hbond substituents is 1. The summed E-state index contributed by atoms with van der Waals surface area (Å²) in [6, 6.07) is 4.74. The summed E-state index contributed by atoms with van der Waals surface area (Å²) in [7, 11) is 0. The number of fused-ring (bicyclic) bond motifs is 1. The Morgan fingerprint density at radius 2 is 1.70 bits per heavy atom. The van der Waals surface area contributed by atoms with Gasteiger partial charge in [-0.15, -0.1) is 0 Å². The molecule has 0 amide bonds. The number of aromatic hydroxyl groups is 1. The second kappa shape index (κ2) is 7.51. The third-order valence-corrected chi connectivity index (χ3v) is 4.51. The molecule has 30 heavy (non-hydrogen) atoms. The SMILES string of the molecule is Cc1c(CC(=O)OC(C)(C)C)c2cc(O)c(F)cc2n1C(=O)c1ccc(F)c(F)c1. The van der Waals surface area contributed by atoms with E-state index in [1.807, 2.05) is 0 Å². The predicted octanol–water partition coefficient (Wildman–Crippen LogP) is 4.65.